The van der Waals surface area contributed by atoms with Crippen LogP contribution in [0, 0.1) is 0 Å². The number of phenolic OH excluding ortho intramolecular Hbond substituents is 1. The highest BCUT2D eigenvalue weighted by atomic mass is 16.3. The monoisotopic (exact) mass is 190 g/mol. The van der Waals surface area contributed by atoms with E-state index in [-0.39, 0.29) is 11.7 Å². The lowest BCUT2D eigenvalue weighted by Gasteiger charge is -1.99. The standard InChI is InChI=1S/C10H10N2O2/c13-8-3-1-7(2-4-8)5-9-10(14)12-6-11-9/h1-4,13H,5-6H2,(H,12,14). The largest absolute Gasteiger partial charge is 0.508 e. The minimum absolute atomic E-state index is 0.0990. The maximum Gasteiger partial charge on any atom is 0.267 e. The Labute approximate surface area is 81.3 Å². The summed E-state index contributed by atoms with van der Waals surface area (Å²) in [5.74, 6) is 0.129. The van der Waals surface area contributed by atoms with Gasteiger partial charge >= 0.3 is 0 Å². The highest BCUT2D eigenvalue weighted by molar-refractivity contribution is 6.40. The van der Waals surface area contributed by atoms with E-state index in [0.717, 1.165) is 5.56 Å². The molecule has 72 valence electrons. The van der Waals surface area contributed by atoms with Gasteiger partial charge in [-0.05, 0) is 17.7 Å². The van der Waals surface area contributed by atoms with E-state index in [1.807, 2.05) is 0 Å². The lowest BCUT2D eigenvalue weighted by Crippen LogP contribution is -2.24. The third-order valence-electron chi connectivity index (χ3n) is 2.08. The van der Waals surface area contributed by atoms with E-state index in [0.29, 0.717) is 18.8 Å². The molecule has 4 nitrogen and oxygen atoms in total. The summed E-state index contributed by atoms with van der Waals surface area (Å²) in [6.07, 6.45) is 0.520. The Morgan fingerprint density at radius 2 is 2.07 bits per heavy atom. The molecule has 1 amide bonds. The van der Waals surface area contributed by atoms with Gasteiger partial charge in [0.1, 0.15) is 18.1 Å². The van der Waals surface area contributed by atoms with E-state index in [4.69, 9.17) is 5.11 Å². The van der Waals surface area contributed by atoms with Gasteiger partial charge in [0.2, 0.25) is 0 Å². The Kier molecular flexibility index (Phi) is 2.18. The van der Waals surface area contributed by atoms with Crippen LogP contribution in [-0.2, 0) is 11.2 Å². The summed E-state index contributed by atoms with van der Waals surface area (Å²) in [6.45, 7) is 0.381. The van der Waals surface area contributed by atoms with Gasteiger partial charge in [-0.15, -0.1) is 0 Å². The maximum absolute atomic E-state index is 11.2. The van der Waals surface area contributed by atoms with Crippen molar-refractivity contribution in [3.63, 3.8) is 0 Å². The summed E-state index contributed by atoms with van der Waals surface area (Å²) in [7, 11) is 0. The first-order chi connectivity index (χ1) is 6.75. The fourth-order valence-corrected chi connectivity index (χ4v) is 1.32. The van der Waals surface area contributed by atoms with E-state index < -0.39 is 0 Å². The van der Waals surface area contributed by atoms with Crippen molar-refractivity contribution in [2.45, 2.75) is 6.42 Å². The number of aliphatic imine (C=N–C) groups is 1. The van der Waals surface area contributed by atoms with Gasteiger partial charge < -0.3 is 10.4 Å². The Bertz CT molecular complexity index is 382. The van der Waals surface area contributed by atoms with E-state index in [1.165, 1.54) is 0 Å². The molecule has 1 aliphatic heterocycles. The number of benzene rings is 1. The lowest BCUT2D eigenvalue weighted by molar-refractivity contribution is -0.114. The van der Waals surface area contributed by atoms with Crippen LogP contribution in [0.1, 0.15) is 5.56 Å². The number of aromatic hydroxyl groups is 1. The number of carbonyl (C=O) groups excluding carboxylic acids is 1. The van der Waals surface area contributed by atoms with Crippen molar-refractivity contribution < 1.29 is 9.90 Å². The van der Waals surface area contributed by atoms with Gasteiger partial charge in [-0.1, -0.05) is 12.1 Å². The molecule has 4 heteroatoms. The van der Waals surface area contributed by atoms with Crippen molar-refractivity contribution in [2.24, 2.45) is 4.99 Å². The van der Waals surface area contributed by atoms with Crippen LogP contribution in [0.4, 0.5) is 0 Å². The van der Waals surface area contributed by atoms with Gasteiger partial charge in [0, 0.05) is 6.42 Å². The topological polar surface area (TPSA) is 61.7 Å². The zero-order valence-corrected chi connectivity index (χ0v) is 7.53. The normalized spacial score (nSPS) is 15.1. The summed E-state index contributed by atoms with van der Waals surface area (Å²) in [5, 5.41) is 11.7. The summed E-state index contributed by atoms with van der Waals surface area (Å²) in [4.78, 5) is 15.2. The van der Waals surface area contributed by atoms with Crippen LogP contribution in [0.25, 0.3) is 0 Å². The van der Waals surface area contributed by atoms with Gasteiger partial charge in [0.25, 0.3) is 5.91 Å². The van der Waals surface area contributed by atoms with Crippen molar-refractivity contribution in [3.05, 3.63) is 29.8 Å². The predicted octanol–water partition coefficient (Wildman–Crippen LogP) is 0.463. The second kappa shape index (κ2) is 3.49. The number of amides is 1. The van der Waals surface area contributed by atoms with Crippen molar-refractivity contribution in [2.75, 3.05) is 6.67 Å². The predicted molar refractivity (Wildman–Crippen MR) is 52.3 cm³/mol. The number of hydrogen-bond donors (Lipinski definition) is 2. The zero-order chi connectivity index (χ0) is 9.97. The lowest BCUT2D eigenvalue weighted by atomic mass is 10.1. The third-order valence-corrected chi connectivity index (χ3v) is 2.08. The van der Waals surface area contributed by atoms with Crippen LogP contribution in [0.5, 0.6) is 5.75 Å². The highest BCUT2D eigenvalue weighted by Crippen LogP contribution is 2.11. The molecule has 1 aliphatic rings. The number of carbonyl (C=O) groups is 1. The highest BCUT2D eigenvalue weighted by Gasteiger charge is 2.15. The van der Waals surface area contributed by atoms with Crippen LogP contribution in [0.3, 0.4) is 0 Å². The Morgan fingerprint density at radius 3 is 2.64 bits per heavy atom. The first-order valence-electron chi connectivity index (χ1n) is 4.35. The molecule has 0 radical (unpaired) electrons. The summed E-state index contributed by atoms with van der Waals surface area (Å²) >= 11 is 0. The minimum Gasteiger partial charge on any atom is -0.508 e. The van der Waals surface area contributed by atoms with Gasteiger partial charge in [-0.25, -0.2) is 0 Å². The molecule has 1 aromatic rings. The third kappa shape index (κ3) is 1.74. The van der Waals surface area contributed by atoms with Crippen LogP contribution in [0.15, 0.2) is 29.3 Å². The van der Waals surface area contributed by atoms with E-state index >= 15 is 0 Å². The van der Waals surface area contributed by atoms with Gasteiger partial charge in [0.15, 0.2) is 0 Å². The molecular weight excluding hydrogens is 180 g/mol. The summed E-state index contributed by atoms with van der Waals surface area (Å²) in [6, 6.07) is 6.76. The Morgan fingerprint density at radius 1 is 1.36 bits per heavy atom. The fourth-order valence-electron chi connectivity index (χ4n) is 1.32. The van der Waals surface area contributed by atoms with Crippen LogP contribution >= 0.6 is 0 Å². The molecule has 2 rings (SSSR count). The number of rotatable bonds is 2. The Balaban J connectivity index is 2.11. The number of hydrogen-bond acceptors (Lipinski definition) is 3. The molecule has 14 heavy (non-hydrogen) atoms. The van der Waals surface area contributed by atoms with Crippen molar-refractivity contribution in [3.8, 4) is 5.75 Å². The van der Waals surface area contributed by atoms with Crippen LogP contribution in [-0.4, -0.2) is 23.4 Å². The number of nitrogens with zero attached hydrogens (tertiary/aromatic N) is 1. The van der Waals surface area contributed by atoms with E-state index in [2.05, 4.69) is 10.3 Å². The van der Waals surface area contributed by atoms with Crippen molar-refractivity contribution in [1.82, 2.24) is 5.32 Å². The molecular formula is C10H10N2O2. The average Bonchev–Trinajstić information content (AvgIpc) is 2.56. The number of phenols is 1. The second-order valence-corrected chi connectivity index (χ2v) is 3.11. The second-order valence-electron chi connectivity index (χ2n) is 3.11. The number of nitrogens with one attached hydrogen (secondary N) is 1. The van der Waals surface area contributed by atoms with Crippen molar-refractivity contribution >= 4 is 11.6 Å². The molecule has 1 heterocycles. The van der Waals surface area contributed by atoms with Crippen LogP contribution < -0.4 is 5.32 Å². The molecule has 0 aliphatic carbocycles. The molecule has 0 fully saturated rings. The van der Waals surface area contributed by atoms with E-state index in [1.54, 1.807) is 24.3 Å². The SMILES string of the molecule is O=C1NCN=C1Cc1ccc(O)cc1. The first kappa shape index (κ1) is 8.74. The van der Waals surface area contributed by atoms with E-state index in [9.17, 15) is 4.79 Å². The summed E-state index contributed by atoms with van der Waals surface area (Å²) < 4.78 is 0. The minimum atomic E-state index is -0.0990. The summed E-state index contributed by atoms with van der Waals surface area (Å²) in [5.41, 5.74) is 1.52. The van der Waals surface area contributed by atoms with Gasteiger partial charge in [-0.3, -0.25) is 9.79 Å². The van der Waals surface area contributed by atoms with Crippen molar-refractivity contribution in [1.29, 1.82) is 0 Å². The smallest absolute Gasteiger partial charge is 0.267 e. The molecule has 0 aromatic heterocycles. The molecule has 0 spiro atoms. The molecule has 1 aromatic carbocycles. The van der Waals surface area contributed by atoms with Crippen LogP contribution in [0.2, 0.25) is 0 Å². The van der Waals surface area contributed by atoms with Gasteiger partial charge in [0.05, 0.1) is 0 Å². The molecule has 0 unspecified atom stereocenters. The molecule has 0 saturated carbocycles. The Hall–Kier alpha value is -1.84. The first-order valence-corrected chi connectivity index (χ1v) is 4.35. The van der Waals surface area contributed by atoms with Gasteiger partial charge in [-0.2, -0.15) is 0 Å². The quantitative estimate of drug-likeness (QED) is 0.711. The molecule has 0 bridgehead atoms. The molecule has 2 N–H and O–H groups in total. The fraction of sp³-hybridized carbons (Fsp3) is 0.200. The molecule has 0 atom stereocenters. The molecule has 0 saturated heterocycles. The maximum atomic E-state index is 11.2. The average molecular weight is 190 g/mol. The zero-order valence-electron chi connectivity index (χ0n) is 7.53.